The average molecular weight is 328 g/mol. The molecule has 6 heteroatoms. The molecule has 2 aromatic heterocycles. The molecule has 0 spiro atoms. The topological polar surface area (TPSA) is 56.4 Å². The molecule has 128 valence electrons. The Hall–Kier alpha value is -1.37. The minimum atomic E-state index is -0.357. The predicted octanol–water partition coefficient (Wildman–Crippen LogP) is 2.76. The standard InChI is InChI=1S/C18H25BN2O3/c1-17(2)18(3,4)24-19(23-17)15-13-5-8-20-11-14(13)21-16(15)12-6-9-22-10-7-12/h5,8,11-12,21H,6-7,9-10H2,1-4H3. The van der Waals surface area contributed by atoms with Crippen LogP contribution in [0, 0.1) is 0 Å². The van der Waals surface area contributed by atoms with Gasteiger partial charge in [0.25, 0.3) is 0 Å². The second-order valence-corrected chi connectivity index (χ2v) is 7.85. The van der Waals surface area contributed by atoms with Crippen LogP contribution in [0.1, 0.15) is 52.1 Å². The third-order valence-electron chi connectivity index (χ3n) is 5.79. The fourth-order valence-corrected chi connectivity index (χ4v) is 3.61. The first-order valence-corrected chi connectivity index (χ1v) is 8.78. The van der Waals surface area contributed by atoms with E-state index >= 15 is 0 Å². The first kappa shape index (κ1) is 16.1. The molecule has 0 saturated carbocycles. The molecule has 0 unspecified atom stereocenters. The van der Waals surface area contributed by atoms with E-state index < -0.39 is 0 Å². The zero-order chi connectivity index (χ0) is 16.9. The van der Waals surface area contributed by atoms with Crippen molar-refractivity contribution in [3.8, 4) is 0 Å². The summed E-state index contributed by atoms with van der Waals surface area (Å²) >= 11 is 0. The normalized spacial score (nSPS) is 23.9. The van der Waals surface area contributed by atoms with E-state index in [1.54, 1.807) is 0 Å². The summed E-state index contributed by atoms with van der Waals surface area (Å²) in [6.45, 7) is 9.99. The summed E-state index contributed by atoms with van der Waals surface area (Å²) in [6, 6.07) is 2.05. The number of pyridine rings is 1. The number of nitrogens with one attached hydrogen (secondary N) is 1. The van der Waals surface area contributed by atoms with E-state index in [1.807, 2.05) is 12.4 Å². The molecule has 2 aromatic rings. The lowest BCUT2D eigenvalue weighted by Gasteiger charge is -2.32. The van der Waals surface area contributed by atoms with E-state index in [1.165, 1.54) is 5.69 Å². The number of nitrogens with zero attached hydrogens (tertiary/aromatic N) is 1. The summed E-state index contributed by atoms with van der Waals surface area (Å²) in [7, 11) is -0.357. The third kappa shape index (κ3) is 2.48. The zero-order valence-electron chi connectivity index (χ0n) is 14.9. The number of ether oxygens (including phenoxy) is 1. The maximum Gasteiger partial charge on any atom is 0.497 e. The smallest absolute Gasteiger partial charge is 0.399 e. The molecule has 24 heavy (non-hydrogen) atoms. The molecule has 2 aliphatic rings. The number of fused-ring (bicyclic) bond motifs is 1. The lowest BCUT2D eigenvalue weighted by Crippen LogP contribution is -2.41. The number of hydrogen-bond acceptors (Lipinski definition) is 4. The molecule has 2 saturated heterocycles. The van der Waals surface area contributed by atoms with E-state index in [4.69, 9.17) is 14.0 Å². The van der Waals surface area contributed by atoms with Crippen LogP contribution >= 0.6 is 0 Å². The molecule has 5 nitrogen and oxygen atoms in total. The first-order chi connectivity index (χ1) is 11.4. The van der Waals surface area contributed by atoms with Crippen LogP contribution in [0.5, 0.6) is 0 Å². The number of H-pyrrole nitrogens is 1. The van der Waals surface area contributed by atoms with Gasteiger partial charge in [0.15, 0.2) is 0 Å². The lowest BCUT2D eigenvalue weighted by molar-refractivity contribution is 0.00578. The average Bonchev–Trinajstić information content (AvgIpc) is 3.03. The van der Waals surface area contributed by atoms with Crippen LogP contribution in [-0.4, -0.2) is 41.5 Å². The predicted molar refractivity (Wildman–Crippen MR) is 94.6 cm³/mol. The summed E-state index contributed by atoms with van der Waals surface area (Å²) in [6.07, 6.45) is 5.76. The van der Waals surface area contributed by atoms with E-state index in [-0.39, 0.29) is 18.3 Å². The van der Waals surface area contributed by atoms with Crippen LogP contribution in [0.15, 0.2) is 18.5 Å². The molecule has 0 atom stereocenters. The van der Waals surface area contributed by atoms with Crippen molar-refractivity contribution < 1.29 is 14.0 Å². The van der Waals surface area contributed by atoms with Gasteiger partial charge in [-0.3, -0.25) is 4.98 Å². The van der Waals surface area contributed by atoms with Crippen molar-refractivity contribution in [1.29, 1.82) is 0 Å². The fourth-order valence-electron chi connectivity index (χ4n) is 3.61. The Morgan fingerprint density at radius 1 is 1.12 bits per heavy atom. The Morgan fingerprint density at radius 2 is 1.79 bits per heavy atom. The molecule has 0 aliphatic carbocycles. The number of aromatic nitrogens is 2. The summed E-state index contributed by atoms with van der Waals surface area (Å²) < 4.78 is 18.2. The quantitative estimate of drug-likeness (QED) is 0.862. The number of aromatic amines is 1. The maximum atomic E-state index is 6.35. The van der Waals surface area contributed by atoms with Crippen molar-refractivity contribution in [1.82, 2.24) is 9.97 Å². The largest absolute Gasteiger partial charge is 0.497 e. The van der Waals surface area contributed by atoms with Crippen molar-refractivity contribution in [2.24, 2.45) is 0 Å². The van der Waals surface area contributed by atoms with Gasteiger partial charge in [0.05, 0.1) is 22.9 Å². The van der Waals surface area contributed by atoms with Crippen molar-refractivity contribution in [2.45, 2.75) is 57.7 Å². The molecule has 4 rings (SSSR count). The van der Waals surface area contributed by atoms with Gasteiger partial charge >= 0.3 is 7.12 Å². The van der Waals surface area contributed by atoms with E-state index in [0.29, 0.717) is 5.92 Å². The van der Waals surface area contributed by atoms with Crippen LogP contribution in [0.3, 0.4) is 0 Å². The second-order valence-electron chi connectivity index (χ2n) is 7.85. The van der Waals surface area contributed by atoms with E-state index in [9.17, 15) is 0 Å². The number of rotatable bonds is 2. The minimum Gasteiger partial charge on any atom is -0.399 e. The molecular weight excluding hydrogens is 303 g/mol. The monoisotopic (exact) mass is 328 g/mol. The highest BCUT2D eigenvalue weighted by Gasteiger charge is 2.53. The minimum absolute atomic E-state index is 0.346. The summed E-state index contributed by atoms with van der Waals surface area (Å²) in [5, 5.41) is 1.14. The third-order valence-corrected chi connectivity index (χ3v) is 5.79. The summed E-state index contributed by atoms with van der Waals surface area (Å²) in [5.41, 5.74) is 2.71. The second kappa shape index (κ2) is 5.58. The van der Waals surface area contributed by atoms with E-state index in [0.717, 1.165) is 42.4 Å². The summed E-state index contributed by atoms with van der Waals surface area (Å²) in [5.74, 6) is 0.445. The lowest BCUT2D eigenvalue weighted by atomic mass is 9.73. The van der Waals surface area contributed by atoms with Crippen LogP contribution in [0.2, 0.25) is 0 Å². The highest BCUT2D eigenvalue weighted by molar-refractivity contribution is 6.65. The van der Waals surface area contributed by atoms with E-state index in [2.05, 4.69) is 43.7 Å². The molecule has 0 aromatic carbocycles. The Balaban J connectivity index is 1.81. The number of hydrogen-bond donors (Lipinski definition) is 1. The van der Waals surface area contributed by atoms with Crippen molar-refractivity contribution in [3.63, 3.8) is 0 Å². The van der Waals surface area contributed by atoms with Crippen LogP contribution in [0.4, 0.5) is 0 Å². The summed E-state index contributed by atoms with van der Waals surface area (Å²) in [4.78, 5) is 7.85. The zero-order valence-corrected chi connectivity index (χ0v) is 14.9. The van der Waals surface area contributed by atoms with Gasteiger partial charge in [0, 0.05) is 41.9 Å². The molecule has 2 fully saturated rings. The highest BCUT2D eigenvalue weighted by atomic mass is 16.7. The Kier molecular flexibility index (Phi) is 3.75. The van der Waals surface area contributed by atoms with Crippen LogP contribution in [-0.2, 0) is 14.0 Å². The molecule has 1 N–H and O–H groups in total. The molecule has 2 aliphatic heterocycles. The molecule has 0 radical (unpaired) electrons. The molecular formula is C18H25BN2O3. The molecule has 0 amide bonds. The van der Waals surface area contributed by atoms with Crippen molar-refractivity contribution >= 4 is 23.5 Å². The first-order valence-electron chi connectivity index (χ1n) is 8.78. The van der Waals surface area contributed by atoms with Gasteiger partial charge in [-0.1, -0.05) is 0 Å². The van der Waals surface area contributed by atoms with Gasteiger partial charge < -0.3 is 19.0 Å². The van der Waals surface area contributed by atoms with Gasteiger partial charge in [-0.2, -0.15) is 0 Å². The molecule has 4 heterocycles. The molecule has 0 bridgehead atoms. The van der Waals surface area contributed by atoms with Crippen molar-refractivity contribution in [2.75, 3.05) is 13.2 Å². The van der Waals surface area contributed by atoms with Gasteiger partial charge in [-0.05, 0) is 46.6 Å². The Bertz CT molecular complexity index is 734. The Morgan fingerprint density at radius 3 is 2.46 bits per heavy atom. The SMILES string of the molecule is CC1(C)OB(c2c(C3CCOCC3)[nH]c3cnccc23)OC1(C)C. The fraction of sp³-hybridized carbons (Fsp3) is 0.611. The highest BCUT2D eigenvalue weighted by Crippen LogP contribution is 2.38. The van der Waals surface area contributed by atoms with Crippen LogP contribution < -0.4 is 5.46 Å². The van der Waals surface area contributed by atoms with Gasteiger partial charge in [-0.15, -0.1) is 0 Å². The Labute approximate surface area is 143 Å². The van der Waals surface area contributed by atoms with Crippen LogP contribution in [0.25, 0.3) is 10.9 Å². The van der Waals surface area contributed by atoms with Crippen molar-refractivity contribution in [3.05, 3.63) is 24.2 Å². The van der Waals surface area contributed by atoms with Gasteiger partial charge in [-0.25, -0.2) is 0 Å². The maximum absolute atomic E-state index is 6.35. The van der Waals surface area contributed by atoms with Gasteiger partial charge in [0.1, 0.15) is 0 Å². The van der Waals surface area contributed by atoms with Gasteiger partial charge in [0.2, 0.25) is 0 Å².